The second-order valence-electron chi connectivity index (χ2n) is 4.76. The van der Waals surface area contributed by atoms with Crippen molar-refractivity contribution < 1.29 is 19.1 Å². The van der Waals surface area contributed by atoms with Gasteiger partial charge in [0, 0.05) is 5.56 Å². The minimum atomic E-state index is -0.393. The third-order valence-electron chi connectivity index (χ3n) is 3.19. The van der Waals surface area contributed by atoms with Crippen molar-refractivity contribution in [1.29, 1.82) is 0 Å². The van der Waals surface area contributed by atoms with Crippen LogP contribution < -0.4 is 20.3 Å². The van der Waals surface area contributed by atoms with Crippen LogP contribution in [-0.4, -0.2) is 26.0 Å². The zero-order valence-corrected chi connectivity index (χ0v) is 13.0. The average Bonchev–Trinajstić information content (AvgIpc) is 2.60. The Morgan fingerprint density at radius 1 is 0.826 bits per heavy atom. The van der Waals surface area contributed by atoms with Gasteiger partial charge in [-0.25, -0.2) is 0 Å². The summed E-state index contributed by atoms with van der Waals surface area (Å²) in [4.78, 5) is 23.7. The summed E-state index contributed by atoms with van der Waals surface area (Å²) in [7, 11) is 3.13. The molecular formula is C17H18N2O4. The van der Waals surface area contributed by atoms with Gasteiger partial charge in [-0.15, -0.1) is 0 Å². The molecule has 2 aromatic rings. The smallest absolute Gasteiger partial charge is 0.269 e. The highest BCUT2D eigenvalue weighted by Crippen LogP contribution is 2.12. The highest BCUT2D eigenvalue weighted by Gasteiger charge is 2.08. The Kier molecular flexibility index (Phi) is 5.57. The van der Waals surface area contributed by atoms with Gasteiger partial charge in [0.05, 0.1) is 20.6 Å². The molecule has 0 radical (unpaired) electrons. The van der Waals surface area contributed by atoms with Crippen LogP contribution in [0.1, 0.15) is 15.9 Å². The van der Waals surface area contributed by atoms with Gasteiger partial charge in [0.25, 0.3) is 5.91 Å². The molecule has 2 aromatic carbocycles. The molecule has 6 heteroatoms. The molecule has 0 saturated carbocycles. The lowest BCUT2D eigenvalue weighted by molar-refractivity contribution is -0.121. The molecule has 0 aromatic heterocycles. The Labute approximate surface area is 134 Å². The maximum absolute atomic E-state index is 11.9. The molecule has 23 heavy (non-hydrogen) atoms. The van der Waals surface area contributed by atoms with Crippen LogP contribution in [0, 0.1) is 0 Å². The lowest BCUT2D eigenvalue weighted by atomic mass is 10.1. The minimum absolute atomic E-state index is 0.160. The topological polar surface area (TPSA) is 76.7 Å². The van der Waals surface area contributed by atoms with Crippen LogP contribution in [0.25, 0.3) is 0 Å². The molecule has 0 bridgehead atoms. The normalized spacial score (nSPS) is 9.83. The van der Waals surface area contributed by atoms with E-state index in [2.05, 4.69) is 10.9 Å². The van der Waals surface area contributed by atoms with E-state index in [1.54, 1.807) is 62.8 Å². The zero-order chi connectivity index (χ0) is 16.7. The molecule has 0 atom stereocenters. The highest BCUT2D eigenvalue weighted by molar-refractivity contribution is 5.95. The van der Waals surface area contributed by atoms with Gasteiger partial charge >= 0.3 is 0 Å². The molecule has 0 spiro atoms. The predicted octanol–water partition coefficient (Wildman–Crippen LogP) is 1.71. The van der Waals surface area contributed by atoms with Gasteiger partial charge in [-0.05, 0) is 42.0 Å². The number of carbonyl (C=O) groups is 2. The second-order valence-corrected chi connectivity index (χ2v) is 4.76. The number of carbonyl (C=O) groups excluding carboxylic acids is 2. The van der Waals surface area contributed by atoms with E-state index in [1.165, 1.54) is 0 Å². The Bertz CT molecular complexity index is 666. The first-order chi connectivity index (χ1) is 11.1. The molecule has 0 aliphatic heterocycles. The highest BCUT2D eigenvalue weighted by atomic mass is 16.5. The number of nitrogens with one attached hydrogen (secondary N) is 2. The maximum Gasteiger partial charge on any atom is 0.269 e. The number of hydrogen-bond acceptors (Lipinski definition) is 4. The van der Waals surface area contributed by atoms with Crippen molar-refractivity contribution in [3.63, 3.8) is 0 Å². The van der Waals surface area contributed by atoms with Crippen molar-refractivity contribution in [3.8, 4) is 11.5 Å². The molecule has 0 saturated heterocycles. The van der Waals surface area contributed by atoms with Crippen LogP contribution in [0.3, 0.4) is 0 Å². The van der Waals surface area contributed by atoms with Gasteiger partial charge in [0.15, 0.2) is 0 Å². The first-order valence-corrected chi connectivity index (χ1v) is 6.98. The van der Waals surface area contributed by atoms with E-state index in [-0.39, 0.29) is 12.3 Å². The van der Waals surface area contributed by atoms with Gasteiger partial charge in [0.1, 0.15) is 11.5 Å². The number of ether oxygens (including phenoxy) is 2. The first kappa shape index (κ1) is 16.4. The van der Waals surface area contributed by atoms with E-state index < -0.39 is 5.91 Å². The van der Waals surface area contributed by atoms with Crippen molar-refractivity contribution in [3.05, 3.63) is 59.7 Å². The average molecular weight is 314 g/mol. The fourth-order valence-corrected chi connectivity index (χ4v) is 1.91. The molecule has 0 unspecified atom stereocenters. The largest absolute Gasteiger partial charge is 0.497 e. The van der Waals surface area contributed by atoms with Crippen molar-refractivity contribution in [2.24, 2.45) is 0 Å². The van der Waals surface area contributed by atoms with Crippen LogP contribution in [0.2, 0.25) is 0 Å². The van der Waals surface area contributed by atoms with Crippen molar-refractivity contribution in [2.75, 3.05) is 14.2 Å². The molecule has 0 aliphatic carbocycles. The Hall–Kier alpha value is -3.02. The standard InChI is InChI=1S/C17H18N2O4/c1-22-14-7-3-12(4-8-14)11-16(20)18-19-17(21)13-5-9-15(23-2)10-6-13/h3-10H,11H2,1-2H3,(H,18,20)(H,19,21). The van der Waals surface area contributed by atoms with Gasteiger partial charge in [-0.2, -0.15) is 0 Å². The van der Waals surface area contributed by atoms with E-state index in [1.807, 2.05) is 0 Å². The lowest BCUT2D eigenvalue weighted by Crippen LogP contribution is -2.42. The Balaban J connectivity index is 1.83. The summed E-state index contributed by atoms with van der Waals surface area (Å²) in [5, 5.41) is 0. The van der Waals surface area contributed by atoms with Crippen LogP contribution in [-0.2, 0) is 11.2 Å². The van der Waals surface area contributed by atoms with Gasteiger partial charge < -0.3 is 9.47 Å². The second kappa shape index (κ2) is 7.84. The number of methoxy groups -OCH3 is 2. The van der Waals surface area contributed by atoms with E-state index in [0.29, 0.717) is 11.3 Å². The molecular weight excluding hydrogens is 296 g/mol. The summed E-state index contributed by atoms with van der Waals surface area (Å²) in [5.41, 5.74) is 6.01. The van der Waals surface area contributed by atoms with Crippen LogP contribution in [0.4, 0.5) is 0 Å². The van der Waals surface area contributed by atoms with Crippen LogP contribution in [0.15, 0.2) is 48.5 Å². The van der Waals surface area contributed by atoms with Crippen molar-refractivity contribution in [2.45, 2.75) is 6.42 Å². The summed E-state index contributed by atoms with van der Waals surface area (Å²) < 4.78 is 10.1. The van der Waals surface area contributed by atoms with Gasteiger partial charge in [-0.1, -0.05) is 12.1 Å². The number of benzene rings is 2. The van der Waals surface area contributed by atoms with E-state index in [4.69, 9.17) is 9.47 Å². The number of hydrazine groups is 1. The zero-order valence-electron chi connectivity index (χ0n) is 13.0. The maximum atomic E-state index is 11.9. The van der Waals surface area contributed by atoms with Gasteiger partial charge in [0.2, 0.25) is 5.91 Å². The van der Waals surface area contributed by atoms with Crippen molar-refractivity contribution >= 4 is 11.8 Å². The van der Waals surface area contributed by atoms with Gasteiger partial charge in [-0.3, -0.25) is 20.4 Å². The fourth-order valence-electron chi connectivity index (χ4n) is 1.91. The molecule has 2 amide bonds. The van der Waals surface area contributed by atoms with E-state index in [9.17, 15) is 9.59 Å². The van der Waals surface area contributed by atoms with E-state index in [0.717, 1.165) is 11.3 Å². The minimum Gasteiger partial charge on any atom is -0.497 e. The third kappa shape index (κ3) is 4.74. The number of amides is 2. The monoisotopic (exact) mass is 314 g/mol. The Morgan fingerprint density at radius 2 is 1.35 bits per heavy atom. The molecule has 6 nitrogen and oxygen atoms in total. The molecule has 120 valence electrons. The molecule has 0 aliphatic rings. The SMILES string of the molecule is COc1ccc(CC(=O)NNC(=O)c2ccc(OC)cc2)cc1. The molecule has 2 rings (SSSR count). The van der Waals surface area contributed by atoms with E-state index >= 15 is 0 Å². The number of hydrogen-bond donors (Lipinski definition) is 2. The predicted molar refractivity (Wildman–Crippen MR) is 85.3 cm³/mol. The van der Waals surface area contributed by atoms with Crippen LogP contribution in [0.5, 0.6) is 11.5 Å². The fraction of sp³-hybridized carbons (Fsp3) is 0.176. The third-order valence-corrected chi connectivity index (χ3v) is 3.19. The van der Waals surface area contributed by atoms with Crippen molar-refractivity contribution in [1.82, 2.24) is 10.9 Å². The quantitative estimate of drug-likeness (QED) is 0.824. The van der Waals surface area contributed by atoms with Crippen LogP contribution >= 0.6 is 0 Å². The summed E-state index contributed by atoms with van der Waals surface area (Å²) in [6.07, 6.45) is 0.160. The molecule has 0 fully saturated rings. The molecule has 2 N–H and O–H groups in total. The number of rotatable bonds is 5. The lowest BCUT2D eigenvalue weighted by Gasteiger charge is -2.08. The Morgan fingerprint density at radius 3 is 1.87 bits per heavy atom. The summed E-state index contributed by atoms with van der Waals surface area (Å²) in [6.45, 7) is 0. The summed E-state index contributed by atoms with van der Waals surface area (Å²) in [5.74, 6) is 0.680. The summed E-state index contributed by atoms with van der Waals surface area (Å²) >= 11 is 0. The molecule has 0 heterocycles. The summed E-state index contributed by atoms with van der Waals surface area (Å²) in [6, 6.07) is 13.7. The first-order valence-electron chi connectivity index (χ1n) is 6.98.